The van der Waals surface area contributed by atoms with E-state index in [1.807, 2.05) is 6.92 Å². The third-order valence-corrected chi connectivity index (χ3v) is 6.40. The highest BCUT2D eigenvalue weighted by molar-refractivity contribution is 6.31. The Hall–Kier alpha value is -3.10. The average molecular weight is 501 g/mol. The Bertz CT molecular complexity index is 1240. The van der Waals surface area contributed by atoms with Gasteiger partial charge in [-0.25, -0.2) is 4.98 Å². The zero-order chi connectivity index (χ0) is 25.5. The Morgan fingerprint density at radius 1 is 1.11 bits per heavy atom. The predicted octanol–water partition coefficient (Wildman–Crippen LogP) is 4.33. The van der Waals surface area contributed by atoms with E-state index in [0.29, 0.717) is 51.9 Å². The molecule has 2 aromatic carbocycles. The number of halogens is 1. The molecular formula is C26H33ClN4O4. The van der Waals surface area contributed by atoms with Gasteiger partial charge in [0.15, 0.2) is 0 Å². The standard InChI is InChI=1S/C26H33ClN4O4/c1-17(24-29-22-15-18(27)9-11-20(22)25(32)30(24)2)31(14-8-6-5-7-13-28)26(33)21-12-10-19(34-3)16-23(21)35-4/h9-12,15-17H,5-8,13-14,28H2,1-4H3. The maximum Gasteiger partial charge on any atom is 0.261 e. The maximum absolute atomic E-state index is 13.8. The Labute approximate surface area is 210 Å². The molecule has 8 nitrogen and oxygen atoms in total. The number of ether oxygens (including phenoxy) is 2. The Morgan fingerprint density at radius 2 is 1.86 bits per heavy atom. The number of carbonyl (C=O) groups is 1. The van der Waals surface area contributed by atoms with Crippen LogP contribution >= 0.6 is 11.6 Å². The number of aromatic nitrogens is 2. The molecule has 0 aliphatic carbocycles. The third kappa shape index (κ3) is 5.94. The zero-order valence-corrected chi connectivity index (χ0v) is 21.5. The van der Waals surface area contributed by atoms with E-state index in [0.717, 1.165) is 25.7 Å². The van der Waals surface area contributed by atoms with Gasteiger partial charge in [0.1, 0.15) is 17.3 Å². The molecule has 0 aliphatic rings. The van der Waals surface area contributed by atoms with E-state index >= 15 is 0 Å². The smallest absolute Gasteiger partial charge is 0.261 e. The van der Waals surface area contributed by atoms with E-state index < -0.39 is 6.04 Å². The van der Waals surface area contributed by atoms with Crippen molar-refractivity contribution in [1.29, 1.82) is 0 Å². The molecule has 0 aliphatic heterocycles. The van der Waals surface area contributed by atoms with Crippen LogP contribution in [0.5, 0.6) is 11.5 Å². The van der Waals surface area contributed by atoms with Gasteiger partial charge in [-0.3, -0.25) is 14.2 Å². The summed E-state index contributed by atoms with van der Waals surface area (Å²) in [4.78, 5) is 33.4. The van der Waals surface area contributed by atoms with Crippen LogP contribution in [-0.4, -0.2) is 47.7 Å². The summed E-state index contributed by atoms with van der Waals surface area (Å²) in [5, 5.41) is 0.969. The molecule has 0 radical (unpaired) electrons. The van der Waals surface area contributed by atoms with E-state index in [9.17, 15) is 9.59 Å². The number of nitrogens with zero attached hydrogens (tertiary/aromatic N) is 3. The van der Waals surface area contributed by atoms with Crippen LogP contribution in [-0.2, 0) is 7.05 Å². The van der Waals surface area contributed by atoms with Crippen molar-refractivity contribution in [2.45, 2.75) is 38.6 Å². The van der Waals surface area contributed by atoms with Crippen molar-refractivity contribution < 1.29 is 14.3 Å². The Balaban J connectivity index is 2.03. The van der Waals surface area contributed by atoms with Gasteiger partial charge in [0.2, 0.25) is 0 Å². The molecule has 35 heavy (non-hydrogen) atoms. The normalized spacial score (nSPS) is 11.9. The second kappa shape index (κ2) is 12.0. The van der Waals surface area contributed by atoms with Crippen LogP contribution in [0, 0.1) is 0 Å². The van der Waals surface area contributed by atoms with Crippen LogP contribution in [0.1, 0.15) is 54.8 Å². The fraction of sp³-hybridized carbons (Fsp3) is 0.423. The first-order valence-electron chi connectivity index (χ1n) is 11.7. The van der Waals surface area contributed by atoms with Crippen LogP contribution in [0.25, 0.3) is 10.9 Å². The largest absolute Gasteiger partial charge is 0.497 e. The van der Waals surface area contributed by atoms with Crippen molar-refractivity contribution in [3.8, 4) is 11.5 Å². The van der Waals surface area contributed by atoms with Crippen molar-refractivity contribution >= 4 is 28.4 Å². The van der Waals surface area contributed by atoms with Gasteiger partial charge in [-0.2, -0.15) is 0 Å². The van der Waals surface area contributed by atoms with Gasteiger partial charge in [-0.05, 0) is 56.6 Å². The minimum absolute atomic E-state index is 0.189. The quantitative estimate of drug-likeness (QED) is 0.393. The number of unbranched alkanes of at least 4 members (excludes halogenated alkanes) is 3. The fourth-order valence-corrected chi connectivity index (χ4v) is 4.32. The van der Waals surface area contributed by atoms with Crippen molar-refractivity contribution in [3.63, 3.8) is 0 Å². The topological polar surface area (TPSA) is 99.7 Å². The van der Waals surface area contributed by atoms with Crippen molar-refractivity contribution in [2.24, 2.45) is 12.8 Å². The van der Waals surface area contributed by atoms with E-state index in [1.54, 1.807) is 55.5 Å². The molecule has 1 aromatic heterocycles. The van der Waals surface area contributed by atoms with Crippen LogP contribution in [0.3, 0.4) is 0 Å². The van der Waals surface area contributed by atoms with E-state index in [-0.39, 0.29) is 11.5 Å². The number of benzene rings is 2. The monoisotopic (exact) mass is 500 g/mol. The number of nitrogens with two attached hydrogens (primary N) is 1. The molecule has 0 saturated carbocycles. The number of carbonyl (C=O) groups excluding carboxylic acids is 1. The van der Waals surface area contributed by atoms with E-state index in [1.165, 1.54) is 11.7 Å². The molecule has 3 aromatic rings. The Morgan fingerprint density at radius 3 is 2.54 bits per heavy atom. The predicted molar refractivity (Wildman–Crippen MR) is 139 cm³/mol. The molecule has 1 atom stereocenters. The summed E-state index contributed by atoms with van der Waals surface area (Å²) in [6.07, 6.45) is 3.66. The lowest BCUT2D eigenvalue weighted by Gasteiger charge is -2.30. The first-order chi connectivity index (χ1) is 16.8. The van der Waals surface area contributed by atoms with Crippen LogP contribution < -0.4 is 20.8 Å². The number of rotatable bonds is 11. The molecule has 1 amide bonds. The van der Waals surface area contributed by atoms with Gasteiger partial charge < -0.3 is 20.1 Å². The van der Waals surface area contributed by atoms with Gasteiger partial charge in [0.05, 0.1) is 36.7 Å². The van der Waals surface area contributed by atoms with E-state index in [4.69, 9.17) is 31.8 Å². The first kappa shape index (κ1) is 26.5. The molecule has 9 heteroatoms. The number of methoxy groups -OCH3 is 2. The van der Waals surface area contributed by atoms with Gasteiger partial charge >= 0.3 is 0 Å². The third-order valence-electron chi connectivity index (χ3n) is 6.17. The number of fused-ring (bicyclic) bond motifs is 1. The van der Waals surface area contributed by atoms with Crippen molar-refractivity contribution in [2.75, 3.05) is 27.3 Å². The minimum atomic E-state index is -0.482. The van der Waals surface area contributed by atoms with Crippen molar-refractivity contribution in [3.05, 3.63) is 63.2 Å². The molecule has 3 rings (SSSR count). The summed E-state index contributed by atoms with van der Waals surface area (Å²) in [6.45, 7) is 3.02. The van der Waals surface area contributed by atoms with Crippen LogP contribution in [0.2, 0.25) is 5.02 Å². The zero-order valence-electron chi connectivity index (χ0n) is 20.7. The second-order valence-electron chi connectivity index (χ2n) is 8.44. The number of hydrogen-bond donors (Lipinski definition) is 1. The van der Waals surface area contributed by atoms with Gasteiger partial charge in [0.25, 0.3) is 11.5 Å². The second-order valence-corrected chi connectivity index (χ2v) is 8.88. The molecule has 0 saturated heterocycles. The highest BCUT2D eigenvalue weighted by Gasteiger charge is 2.28. The summed E-state index contributed by atoms with van der Waals surface area (Å²) in [7, 11) is 4.75. The van der Waals surface area contributed by atoms with Gasteiger partial charge in [-0.1, -0.05) is 24.4 Å². The van der Waals surface area contributed by atoms with E-state index in [2.05, 4.69) is 0 Å². The molecule has 0 spiro atoms. The molecular weight excluding hydrogens is 468 g/mol. The lowest BCUT2D eigenvalue weighted by Crippen LogP contribution is -2.38. The Kier molecular flexibility index (Phi) is 9.12. The summed E-state index contributed by atoms with van der Waals surface area (Å²) < 4.78 is 12.3. The molecule has 1 heterocycles. The molecule has 188 valence electrons. The molecule has 2 N–H and O–H groups in total. The number of hydrogen-bond acceptors (Lipinski definition) is 6. The average Bonchev–Trinajstić information content (AvgIpc) is 2.87. The summed E-state index contributed by atoms with van der Waals surface area (Å²) >= 11 is 6.16. The maximum atomic E-state index is 13.8. The van der Waals surface area contributed by atoms with Crippen molar-refractivity contribution in [1.82, 2.24) is 14.5 Å². The van der Waals surface area contributed by atoms with Crippen LogP contribution in [0.15, 0.2) is 41.2 Å². The molecule has 0 fully saturated rings. The fourth-order valence-electron chi connectivity index (χ4n) is 4.16. The lowest BCUT2D eigenvalue weighted by atomic mass is 10.1. The van der Waals surface area contributed by atoms with Crippen LogP contribution in [0.4, 0.5) is 0 Å². The highest BCUT2D eigenvalue weighted by atomic mass is 35.5. The summed E-state index contributed by atoms with van der Waals surface area (Å²) in [5.41, 5.74) is 6.35. The van der Waals surface area contributed by atoms with Gasteiger partial charge in [0, 0.05) is 24.7 Å². The molecule has 1 unspecified atom stereocenters. The number of amides is 1. The highest BCUT2D eigenvalue weighted by Crippen LogP contribution is 2.29. The minimum Gasteiger partial charge on any atom is -0.497 e. The summed E-state index contributed by atoms with van der Waals surface area (Å²) in [6, 6.07) is 9.63. The lowest BCUT2D eigenvalue weighted by molar-refractivity contribution is 0.0672. The first-order valence-corrected chi connectivity index (χ1v) is 12.1. The molecule has 0 bridgehead atoms. The SMILES string of the molecule is COc1ccc(C(=O)N(CCCCCCN)C(C)c2nc3cc(Cl)ccc3c(=O)n2C)c(OC)c1. The van der Waals surface area contributed by atoms with Gasteiger partial charge in [-0.15, -0.1) is 0 Å². The summed E-state index contributed by atoms with van der Waals surface area (Å²) in [5.74, 6) is 1.28.